The Morgan fingerprint density at radius 1 is 1.17 bits per heavy atom. The first kappa shape index (κ1) is 16.7. The lowest BCUT2D eigenvalue weighted by Crippen LogP contribution is -2.14. The average Bonchev–Trinajstić information content (AvgIpc) is 3.01. The fourth-order valence-electron chi connectivity index (χ4n) is 2.51. The van der Waals surface area contributed by atoms with E-state index in [1.807, 2.05) is 6.92 Å². The molecule has 3 rings (SSSR count). The van der Waals surface area contributed by atoms with Gasteiger partial charge in [0.15, 0.2) is 5.76 Å². The summed E-state index contributed by atoms with van der Waals surface area (Å²) in [6, 6.07) is 7.01. The molecular weight excluding hydrogens is 351 g/mol. The van der Waals surface area contributed by atoms with E-state index in [2.05, 4.69) is 9.88 Å². The van der Waals surface area contributed by atoms with Crippen LogP contribution in [-0.2, 0) is 10.0 Å². The van der Waals surface area contributed by atoms with E-state index in [4.69, 9.17) is 4.52 Å². The van der Waals surface area contributed by atoms with E-state index in [1.54, 1.807) is 19.9 Å². The van der Waals surface area contributed by atoms with Crippen molar-refractivity contribution in [2.45, 2.75) is 25.7 Å². The van der Waals surface area contributed by atoms with Crippen LogP contribution in [0.5, 0.6) is 0 Å². The second-order valence-corrected chi connectivity index (χ2v) is 8.42. The molecule has 126 valence electrons. The van der Waals surface area contributed by atoms with E-state index in [0.717, 1.165) is 10.9 Å². The van der Waals surface area contributed by atoms with Crippen LogP contribution in [0, 0.1) is 26.6 Å². The Morgan fingerprint density at radius 3 is 2.54 bits per heavy atom. The van der Waals surface area contributed by atoms with E-state index in [0.29, 0.717) is 21.9 Å². The van der Waals surface area contributed by atoms with Crippen LogP contribution in [0.4, 0.5) is 10.1 Å². The van der Waals surface area contributed by atoms with Crippen molar-refractivity contribution in [3.05, 3.63) is 51.6 Å². The lowest BCUT2D eigenvalue weighted by atomic mass is 10.2. The van der Waals surface area contributed by atoms with Gasteiger partial charge in [0.1, 0.15) is 10.7 Å². The van der Waals surface area contributed by atoms with Crippen molar-refractivity contribution >= 4 is 27.0 Å². The predicted octanol–water partition coefficient (Wildman–Crippen LogP) is 4.27. The van der Waals surface area contributed by atoms with Crippen molar-refractivity contribution in [3.8, 4) is 11.3 Å². The molecule has 0 unspecified atom stereocenters. The molecule has 0 amide bonds. The van der Waals surface area contributed by atoms with Crippen molar-refractivity contribution in [2.75, 3.05) is 4.72 Å². The number of hydrogen-bond donors (Lipinski definition) is 1. The molecule has 0 saturated heterocycles. The van der Waals surface area contributed by atoms with Gasteiger partial charge in [0.05, 0.1) is 16.9 Å². The summed E-state index contributed by atoms with van der Waals surface area (Å²) in [5.41, 5.74) is 1.31. The first-order chi connectivity index (χ1) is 11.3. The Hall–Kier alpha value is -2.19. The Morgan fingerprint density at radius 2 is 1.92 bits per heavy atom. The second kappa shape index (κ2) is 6.03. The summed E-state index contributed by atoms with van der Waals surface area (Å²) in [6.45, 7) is 5.32. The number of sulfonamides is 1. The Balaban J connectivity index is 2.11. The number of nitrogens with one attached hydrogen (secondary N) is 1. The number of halogens is 1. The predicted molar refractivity (Wildman–Crippen MR) is 91.2 cm³/mol. The smallest absolute Gasteiger partial charge is 0.263 e. The largest absolute Gasteiger partial charge is 0.356 e. The first-order valence-corrected chi connectivity index (χ1v) is 9.40. The molecule has 0 aliphatic rings. The van der Waals surface area contributed by atoms with Gasteiger partial charge in [-0.1, -0.05) is 11.2 Å². The third-order valence-electron chi connectivity index (χ3n) is 3.42. The van der Waals surface area contributed by atoms with Crippen LogP contribution in [0.25, 0.3) is 11.3 Å². The van der Waals surface area contributed by atoms with E-state index < -0.39 is 15.8 Å². The number of rotatable bonds is 4. The van der Waals surface area contributed by atoms with Crippen molar-refractivity contribution < 1.29 is 17.3 Å². The topological polar surface area (TPSA) is 72.2 Å². The monoisotopic (exact) mass is 366 g/mol. The Kier molecular flexibility index (Phi) is 4.18. The van der Waals surface area contributed by atoms with Crippen LogP contribution < -0.4 is 4.72 Å². The standard InChI is InChI=1S/C16H15FN2O3S2/c1-9-7-14(22-18-9)15-10(2)23-11(3)16(15)24(20,21)19-13-6-4-5-12(17)8-13/h4-8,19H,1-3H3. The minimum Gasteiger partial charge on any atom is -0.356 e. The van der Waals surface area contributed by atoms with Gasteiger partial charge < -0.3 is 4.52 Å². The van der Waals surface area contributed by atoms with Gasteiger partial charge >= 0.3 is 0 Å². The van der Waals surface area contributed by atoms with Gasteiger partial charge in [-0.15, -0.1) is 11.3 Å². The van der Waals surface area contributed by atoms with Gasteiger partial charge in [-0.3, -0.25) is 4.72 Å². The van der Waals surface area contributed by atoms with Crippen LogP contribution in [-0.4, -0.2) is 13.6 Å². The fraction of sp³-hybridized carbons (Fsp3) is 0.188. The number of nitrogens with zero attached hydrogens (tertiary/aromatic N) is 1. The lowest BCUT2D eigenvalue weighted by Gasteiger charge is -2.09. The maximum Gasteiger partial charge on any atom is 0.263 e. The van der Waals surface area contributed by atoms with Crippen molar-refractivity contribution in [2.24, 2.45) is 0 Å². The van der Waals surface area contributed by atoms with Crippen LogP contribution in [0.3, 0.4) is 0 Å². The van der Waals surface area contributed by atoms with Gasteiger partial charge in [-0.25, -0.2) is 12.8 Å². The fourth-order valence-corrected chi connectivity index (χ4v) is 5.43. The molecule has 1 aromatic carbocycles. The molecule has 1 N–H and O–H groups in total. The maximum atomic E-state index is 13.3. The van der Waals surface area contributed by atoms with Crippen molar-refractivity contribution in [1.29, 1.82) is 0 Å². The summed E-state index contributed by atoms with van der Waals surface area (Å²) >= 11 is 1.36. The average molecular weight is 366 g/mol. The highest BCUT2D eigenvalue weighted by Crippen LogP contribution is 2.39. The normalized spacial score (nSPS) is 11.7. The first-order valence-electron chi connectivity index (χ1n) is 7.10. The van der Waals surface area contributed by atoms with Crippen LogP contribution in [0.15, 0.2) is 39.8 Å². The number of hydrogen-bond acceptors (Lipinski definition) is 5. The minimum absolute atomic E-state index is 0.130. The maximum absolute atomic E-state index is 13.3. The highest BCUT2D eigenvalue weighted by atomic mass is 32.2. The summed E-state index contributed by atoms with van der Waals surface area (Å²) in [5, 5.41) is 3.83. The molecule has 0 saturated carbocycles. The van der Waals surface area contributed by atoms with Gasteiger partial charge in [0.2, 0.25) is 0 Å². The highest BCUT2D eigenvalue weighted by molar-refractivity contribution is 7.93. The van der Waals surface area contributed by atoms with Gasteiger partial charge in [-0.2, -0.15) is 0 Å². The molecule has 24 heavy (non-hydrogen) atoms. The third kappa shape index (κ3) is 3.07. The SMILES string of the molecule is Cc1cc(-c2c(C)sc(C)c2S(=O)(=O)Nc2cccc(F)c2)on1. The molecule has 8 heteroatoms. The Bertz CT molecular complexity index is 1010. The number of aromatic nitrogens is 1. The summed E-state index contributed by atoms with van der Waals surface area (Å²) in [7, 11) is -3.90. The minimum atomic E-state index is -3.90. The van der Waals surface area contributed by atoms with Crippen LogP contribution >= 0.6 is 11.3 Å². The molecule has 2 heterocycles. The van der Waals surface area contributed by atoms with E-state index >= 15 is 0 Å². The summed E-state index contributed by atoms with van der Waals surface area (Å²) in [5.74, 6) is -0.117. The zero-order valence-corrected chi connectivity index (χ0v) is 14.9. The number of benzene rings is 1. The Labute approximate surface area is 143 Å². The molecule has 0 bridgehead atoms. The summed E-state index contributed by atoms with van der Waals surface area (Å²) in [6.07, 6.45) is 0. The zero-order chi connectivity index (χ0) is 17.5. The summed E-state index contributed by atoms with van der Waals surface area (Å²) in [4.78, 5) is 1.56. The quantitative estimate of drug-likeness (QED) is 0.748. The highest BCUT2D eigenvalue weighted by Gasteiger charge is 2.28. The molecule has 3 aromatic rings. The summed E-state index contributed by atoms with van der Waals surface area (Å²) < 4.78 is 46.7. The number of anilines is 1. The van der Waals surface area contributed by atoms with Gasteiger partial charge in [0, 0.05) is 15.8 Å². The van der Waals surface area contributed by atoms with E-state index in [-0.39, 0.29) is 10.6 Å². The molecule has 0 aliphatic heterocycles. The van der Waals surface area contributed by atoms with E-state index in [1.165, 1.54) is 29.5 Å². The third-order valence-corrected chi connectivity index (χ3v) is 6.13. The molecule has 0 fully saturated rings. The van der Waals surface area contributed by atoms with Crippen molar-refractivity contribution in [1.82, 2.24) is 5.16 Å². The molecule has 2 aromatic heterocycles. The van der Waals surface area contributed by atoms with Crippen LogP contribution in [0.2, 0.25) is 0 Å². The number of aryl methyl sites for hydroxylation is 3. The van der Waals surface area contributed by atoms with Gasteiger partial charge in [0.25, 0.3) is 10.0 Å². The number of thiophene rings is 1. The molecule has 0 aliphatic carbocycles. The molecule has 0 spiro atoms. The molecule has 0 atom stereocenters. The zero-order valence-electron chi connectivity index (χ0n) is 13.3. The van der Waals surface area contributed by atoms with E-state index in [9.17, 15) is 12.8 Å². The molecule has 0 radical (unpaired) electrons. The van der Waals surface area contributed by atoms with Crippen molar-refractivity contribution in [3.63, 3.8) is 0 Å². The van der Waals surface area contributed by atoms with Gasteiger partial charge in [-0.05, 0) is 39.0 Å². The second-order valence-electron chi connectivity index (χ2n) is 5.37. The van der Waals surface area contributed by atoms with Crippen LogP contribution in [0.1, 0.15) is 15.4 Å². The molecule has 5 nitrogen and oxygen atoms in total. The molecular formula is C16H15FN2O3S2. The lowest BCUT2D eigenvalue weighted by molar-refractivity contribution is 0.426.